The number of anilines is 2. The molecule has 0 unspecified atom stereocenters. The van der Waals surface area contributed by atoms with Crippen LogP contribution >= 0.6 is 0 Å². The normalized spacial score (nSPS) is 14.8. The van der Waals surface area contributed by atoms with Gasteiger partial charge in [-0.3, -0.25) is 4.98 Å². The molecule has 1 N–H and O–H groups in total. The second kappa shape index (κ2) is 17.0. The number of nitrogens with zero attached hydrogens (tertiary/aromatic N) is 4. The van der Waals surface area contributed by atoms with Crippen molar-refractivity contribution in [1.82, 2.24) is 19.9 Å². The fourth-order valence-electron chi connectivity index (χ4n) is 5.90. The zero-order valence-corrected chi connectivity index (χ0v) is 26.2. The highest BCUT2D eigenvalue weighted by molar-refractivity contribution is 5.99. The van der Waals surface area contributed by atoms with E-state index in [1.165, 1.54) is 94.8 Å². The van der Waals surface area contributed by atoms with Gasteiger partial charge in [-0.25, -0.2) is 9.97 Å². The van der Waals surface area contributed by atoms with Crippen molar-refractivity contribution in [2.24, 2.45) is 5.92 Å². The van der Waals surface area contributed by atoms with Gasteiger partial charge in [0.05, 0.1) is 17.6 Å². The van der Waals surface area contributed by atoms with E-state index in [1.807, 2.05) is 18.3 Å². The van der Waals surface area contributed by atoms with Crippen LogP contribution in [0.25, 0.3) is 11.1 Å². The highest BCUT2D eigenvalue weighted by atomic mass is 15.1. The number of nitrogens with one attached hydrogen (secondary N) is 1. The van der Waals surface area contributed by atoms with Crippen molar-refractivity contribution in [3.05, 3.63) is 90.0 Å². The summed E-state index contributed by atoms with van der Waals surface area (Å²) in [6.45, 7) is 11.3. The lowest BCUT2D eigenvalue weighted by atomic mass is 9.91. The Kier molecular flexibility index (Phi) is 12.8. The molecule has 1 fully saturated rings. The second-order valence-electron chi connectivity index (χ2n) is 12.2. The van der Waals surface area contributed by atoms with Crippen LogP contribution in [0.3, 0.4) is 0 Å². The number of benzene rings is 1. The van der Waals surface area contributed by atoms with Gasteiger partial charge in [0.2, 0.25) is 5.95 Å². The van der Waals surface area contributed by atoms with E-state index in [2.05, 4.69) is 78.0 Å². The van der Waals surface area contributed by atoms with Crippen LogP contribution in [0.15, 0.2) is 67.6 Å². The first-order valence-electron chi connectivity index (χ1n) is 16.3. The zero-order valence-electron chi connectivity index (χ0n) is 26.2. The molecule has 5 heteroatoms. The van der Waals surface area contributed by atoms with Gasteiger partial charge in [0, 0.05) is 19.4 Å². The molecule has 0 spiro atoms. The Hall–Kier alpha value is -3.31. The molecule has 2 aliphatic carbocycles. The quantitative estimate of drug-likeness (QED) is 0.208. The summed E-state index contributed by atoms with van der Waals surface area (Å²) in [5, 5.41) is 3.21. The minimum Gasteiger partial charge on any atom is -0.323 e. The van der Waals surface area contributed by atoms with Crippen molar-refractivity contribution < 1.29 is 1.43 Å². The Balaban J connectivity index is 0.000000556. The fourth-order valence-corrected chi connectivity index (χ4v) is 5.90. The lowest BCUT2D eigenvalue weighted by Gasteiger charge is -2.15. The molecule has 5 rings (SSSR count). The van der Waals surface area contributed by atoms with Gasteiger partial charge in [0.15, 0.2) is 0 Å². The average molecular weight is 568 g/mol. The van der Waals surface area contributed by atoms with Crippen LogP contribution in [-0.2, 0) is 6.42 Å². The summed E-state index contributed by atoms with van der Waals surface area (Å²) in [7, 11) is 2.23. The SMILES string of the molecule is C=C1C=C(c2ccc(CCCCCCCN(C)CCC)cc2)c2cnc(Nc3cccnc3)nc21.CC1CCCCC1.[HH]. The predicted octanol–water partition coefficient (Wildman–Crippen LogP) is 9.74. The first-order valence-corrected chi connectivity index (χ1v) is 16.3. The lowest BCUT2D eigenvalue weighted by molar-refractivity contribution is 0.324. The fraction of sp³-hybridized carbons (Fsp3) is 0.486. The second-order valence-corrected chi connectivity index (χ2v) is 12.2. The molecule has 2 aliphatic rings. The summed E-state index contributed by atoms with van der Waals surface area (Å²) >= 11 is 0. The summed E-state index contributed by atoms with van der Waals surface area (Å²) in [6, 6.07) is 12.8. The van der Waals surface area contributed by atoms with Gasteiger partial charge in [0.25, 0.3) is 0 Å². The van der Waals surface area contributed by atoms with Gasteiger partial charge in [-0.15, -0.1) is 0 Å². The van der Waals surface area contributed by atoms with Crippen molar-refractivity contribution in [3.8, 4) is 0 Å². The van der Waals surface area contributed by atoms with E-state index in [0.717, 1.165) is 40.4 Å². The maximum absolute atomic E-state index is 4.71. The standard InChI is InChI=1S/C30H37N5.C7H14.H2/c1-4-18-35(3)19-9-7-5-6-8-11-24-13-15-25(16-14-24)27-20-23(2)29-28(27)22-32-30(34-29)33-26-12-10-17-31-21-26;1-7-5-3-2-4-6-7;/h10,12-17,20-22H,2,4-9,11,18-19H2,1,3H3,(H,32,33,34);7H,2-6H2,1H3;1H. The van der Waals surface area contributed by atoms with Crippen LogP contribution < -0.4 is 5.32 Å². The number of aromatic nitrogens is 3. The number of hydrogen-bond acceptors (Lipinski definition) is 5. The molecule has 0 atom stereocenters. The third-order valence-electron chi connectivity index (χ3n) is 8.39. The summed E-state index contributed by atoms with van der Waals surface area (Å²) < 4.78 is 0. The molecule has 0 bridgehead atoms. The Morgan fingerprint density at radius 3 is 2.40 bits per heavy atom. The van der Waals surface area contributed by atoms with Crippen LogP contribution in [0.1, 0.15) is 108 Å². The van der Waals surface area contributed by atoms with Crippen LogP contribution in [0.5, 0.6) is 0 Å². The number of pyridine rings is 1. The molecule has 226 valence electrons. The maximum Gasteiger partial charge on any atom is 0.227 e. The first kappa shape index (κ1) is 31.6. The molecule has 0 radical (unpaired) electrons. The Morgan fingerprint density at radius 2 is 1.71 bits per heavy atom. The zero-order chi connectivity index (χ0) is 29.6. The summed E-state index contributed by atoms with van der Waals surface area (Å²) in [5.74, 6) is 1.59. The van der Waals surface area contributed by atoms with Crippen LogP contribution in [0, 0.1) is 5.92 Å². The molecule has 1 aromatic carbocycles. The van der Waals surface area contributed by atoms with Crippen molar-refractivity contribution in [2.45, 2.75) is 90.9 Å². The number of aryl methyl sites for hydroxylation is 1. The van der Waals surface area contributed by atoms with Gasteiger partial charge in [-0.2, -0.15) is 0 Å². The van der Waals surface area contributed by atoms with E-state index in [9.17, 15) is 0 Å². The van der Waals surface area contributed by atoms with Crippen molar-refractivity contribution >= 4 is 22.8 Å². The van der Waals surface area contributed by atoms with E-state index < -0.39 is 0 Å². The van der Waals surface area contributed by atoms with Gasteiger partial charge < -0.3 is 10.2 Å². The summed E-state index contributed by atoms with van der Waals surface area (Å²) in [6.07, 6.45) is 23.9. The van der Waals surface area contributed by atoms with E-state index in [0.29, 0.717) is 5.95 Å². The number of fused-ring (bicyclic) bond motifs is 1. The topological polar surface area (TPSA) is 53.9 Å². The minimum absolute atomic E-state index is 0. The molecule has 0 amide bonds. The van der Waals surface area contributed by atoms with Crippen molar-refractivity contribution in [3.63, 3.8) is 0 Å². The van der Waals surface area contributed by atoms with Crippen molar-refractivity contribution in [2.75, 3.05) is 25.5 Å². The van der Waals surface area contributed by atoms with Crippen LogP contribution in [-0.4, -0.2) is 40.0 Å². The maximum atomic E-state index is 4.71. The molecule has 0 aliphatic heterocycles. The molecule has 5 nitrogen and oxygen atoms in total. The third kappa shape index (κ3) is 9.90. The van der Waals surface area contributed by atoms with Crippen molar-refractivity contribution in [1.29, 1.82) is 0 Å². The predicted molar refractivity (Wildman–Crippen MR) is 181 cm³/mol. The molecular weight excluding hydrogens is 514 g/mol. The molecule has 1 saturated carbocycles. The Bertz CT molecular complexity index is 1270. The van der Waals surface area contributed by atoms with Gasteiger partial charge in [0.1, 0.15) is 0 Å². The summed E-state index contributed by atoms with van der Waals surface area (Å²) in [5.41, 5.74) is 7.41. The molecule has 42 heavy (non-hydrogen) atoms. The molecular formula is C37H53N5. The number of rotatable bonds is 13. The van der Waals surface area contributed by atoms with Gasteiger partial charge >= 0.3 is 0 Å². The third-order valence-corrected chi connectivity index (χ3v) is 8.39. The monoisotopic (exact) mass is 567 g/mol. The largest absolute Gasteiger partial charge is 0.323 e. The van der Waals surface area contributed by atoms with E-state index in [-0.39, 0.29) is 1.43 Å². The molecule has 2 aromatic heterocycles. The minimum atomic E-state index is 0. The van der Waals surface area contributed by atoms with Gasteiger partial charge in [-0.05, 0) is 92.2 Å². The molecule has 2 heterocycles. The highest BCUT2D eigenvalue weighted by Crippen LogP contribution is 2.37. The van der Waals surface area contributed by atoms with Crippen LogP contribution in [0.4, 0.5) is 11.6 Å². The van der Waals surface area contributed by atoms with Gasteiger partial charge in [-0.1, -0.05) is 96.1 Å². The average Bonchev–Trinajstić information content (AvgIpc) is 3.34. The molecule has 0 saturated heterocycles. The first-order chi connectivity index (χ1) is 20.5. The van der Waals surface area contributed by atoms with E-state index in [1.54, 1.807) is 12.4 Å². The van der Waals surface area contributed by atoms with E-state index >= 15 is 0 Å². The highest BCUT2D eigenvalue weighted by Gasteiger charge is 2.21. The van der Waals surface area contributed by atoms with Crippen LogP contribution in [0.2, 0.25) is 0 Å². The number of allylic oxidation sites excluding steroid dienone is 2. The Labute approximate surface area is 256 Å². The number of unbranched alkanes of at least 4 members (excludes halogenated alkanes) is 4. The molecule has 3 aromatic rings. The Morgan fingerprint density at radius 1 is 0.952 bits per heavy atom. The summed E-state index contributed by atoms with van der Waals surface area (Å²) in [4.78, 5) is 15.8. The van der Waals surface area contributed by atoms with E-state index in [4.69, 9.17) is 4.98 Å². The smallest absolute Gasteiger partial charge is 0.227 e. The lowest BCUT2D eigenvalue weighted by Crippen LogP contribution is -2.20. The number of hydrogen-bond donors (Lipinski definition) is 1.